The van der Waals surface area contributed by atoms with Crippen LogP contribution in [0.3, 0.4) is 0 Å². The predicted octanol–water partition coefficient (Wildman–Crippen LogP) is 2.65. The van der Waals surface area contributed by atoms with Gasteiger partial charge in [-0.2, -0.15) is 0 Å². The lowest BCUT2D eigenvalue weighted by Crippen LogP contribution is -2.42. The van der Waals surface area contributed by atoms with Gasteiger partial charge >= 0.3 is 12.0 Å². The van der Waals surface area contributed by atoms with Crippen molar-refractivity contribution in [2.45, 2.75) is 32.6 Å². The lowest BCUT2D eigenvalue weighted by Gasteiger charge is -2.17. The Kier molecular flexibility index (Phi) is 8.06. The monoisotopic (exact) mass is 405 g/mol. The third-order valence-electron chi connectivity index (χ3n) is 3.81. The fraction of sp³-hybridized carbons (Fsp3) is 0.368. The summed E-state index contributed by atoms with van der Waals surface area (Å²) in [6.07, 6.45) is -1.21. The zero-order valence-corrected chi connectivity index (χ0v) is 16.8. The molecular formula is C19H23N3O5S. The second-order valence-electron chi connectivity index (χ2n) is 5.92. The number of hydrogen-bond donors (Lipinski definition) is 2. The van der Waals surface area contributed by atoms with Crippen LogP contribution < -0.4 is 10.6 Å². The summed E-state index contributed by atoms with van der Waals surface area (Å²) in [6.45, 7) is 5.75. The maximum atomic E-state index is 12.4. The van der Waals surface area contributed by atoms with Crippen LogP contribution in [-0.4, -0.2) is 35.4 Å². The smallest absolute Gasteiger partial charge is 0.321 e. The number of aryl methyl sites for hydroxylation is 2. The molecule has 150 valence electrons. The van der Waals surface area contributed by atoms with Gasteiger partial charge in [0.05, 0.1) is 11.4 Å². The largest absolute Gasteiger partial charge is 0.447 e. The van der Waals surface area contributed by atoms with Crippen molar-refractivity contribution in [1.29, 1.82) is 0 Å². The normalized spacial score (nSPS) is 11.5. The predicted molar refractivity (Wildman–Crippen MR) is 105 cm³/mol. The highest BCUT2D eigenvalue weighted by molar-refractivity contribution is 7.99. The summed E-state index contributed by atoms with van der Waals surface area (Å²) in [5, 5.41) is 8.52. The lowest BCUT2D eigenvalue weighted by atomic mass is 10.1. The Morgan fingerprint density at radius 3 is 2.54 bits per heavy atom. The van der Waals surface area contributed by atoms with Crippen molar-refractivity contribution >= 4 is 29.7 Å². The highest BCUT2D eigenvalue weighted by Crippen LogP contribution is 2.22. The van der Waals surface area contributed by atoms with Crippen LogP contribution in [0.1, 0.15) is 35.6 Å². The fourth-order valence-electron chi connectivity index (χ4n) is 2.39. The van der Waals surface area contributed by atoms with E-state index in [4.69, 9.17) is 9.26 Å². The molecule has 2 rings (SSSR count). The number of hydrogen-bond acceptors (Lipinski definition) is 7. The summed E-state index contributed by atoms with van der Waals surface area (Å²) < 4.78 is 10.5. The van der Waals surface area contributed by atoms with Crippen LogP contribution >= 0.6 is 11.8 Å². The SMILES string of the molecule is CCNC(=O)NC(=O)[C@H](OC(=O)CSCc1c(C)noc1C)c1ccccc1. The van der Waals surface area contributed by atoms with Crippen molar-refractivity contribution in [3.8, 4) is 0 Å². The fourth-order valence-corrected chi connectivity index (χ4v) is 3.35. The molecule has 0 bridgehead atoms. The highest BCUT2D eigenvalue weighted by Gasteiger charge is 2.26. The molecule has 0 aliphatic carbocycles. The Hall–Kier alpha value is -2.81. The lowest BCUT2D eigenvalue weighted by molar-refractivity contribution is -0.153. The van der Waals surface area contributed by atoms with Gasteiger partial charge in [-0.1, -0.05) is 35.5 Å². The van der Waals surface area contributed by atoms with Crippen LogP contribution in [0, 0.1) is 13.8 Å². The van der Waals surface area contributed by atoms with Crippen LogP contribution in [0.4, 0.5) is 4.79 Å². The molecule has 28 heavy (non-hydrogen) atoms. The van der Waals surface area contributed by atoms with Crippen molar-refractivity contribution in [2.75, 3.05) is 12.3 Å². The molecule has 2 N–H and O–H groups in total. The summed E-state index contributed by atoms with van der Waals surface area (Å²) in [7, 11) is 0. The van der Waals surface area contributed by atoms with Crippen molar-refractivity contribution in [1.82, 2.24) is 15.8 Å². The van der Waals surface area contributed by atoms with E-state index in [-0.39, 0.29) is 5.75 Å². The Balaban J connectivity index is 1.98. The molecule has 3 amide bonds. The molecule has 0 unspecified atom stereocenters. The van der Waals surface area contributed by atoms with E-state index in [1.807, 2.05) is 13.8 Å². The topological polar surface area (TPSA) is 111 Å². The minimum atomic E-state index is -1.21. The molecular weight excluding hydrogens is 382 g/mol. The van der Waals surface area contributed by atoms with E-state index < -0.39 is 24.0 Å². The minimum absolute atomic E-state index is 0.0435. The number of nitrogens with one attached hydrogen (secondary N) is 2. The summed E-state index contributed by atoms with van der Waals surface area (Å²) >= 11 is 1.33. The van der Waals surface area contributed by atoms with Crippen LogP contribution in [0.25, 0.3) is 0 Å². The number of carbonyl (C=O) groups excluding carboxylic acids is 3. The van der Waals surface area contributed by atoms with E-state index in [9.17, 15) is 14.4 Å². The van der Waals surface area contributed by atoms with Gasteiger partial charge in [0.15, 0.2) is 0 Å². The summed E-state index contributed by atoms with van der Waals surface area (Å²) in [5.41, 5.74) is 2.20. The summed E-state index contributed by atoms with van der Waals surface area (Å²) in [5.74, 6) is 0.0267. The Morgan fingerprint density at radius 2 is 1.93 bits per heavy atom. The quantitative estimate of drug-likeness (QED) is 0.650. The number of thioether (sulfide) groups is 1. The van der Waals surface area contributed by atoms with Gasteiger partial charge in [-0.15, -0.1) is 11.8 Å². The molecule has 1 aromatic heterocycles. The van der Waals surface area contributed by atoms with E-state index in [0.717, 1.165) is 11.3 Å². The molecule has 1 atom stereocenters. The van der Waals surface area contributed by atoms with E-state index in [1.54, 1.807) is 37.3 Å². The number of ether oxygens (including phenoxy) is 1. The maximum Gasteiger partial charge on any atom is 0.321 e. The average Bonchev–Trinajstić information content (AvgIpc) is 2.99. The molecule has 0 aliphatic rings. The van der Waals surface area contributed by atoms with Gasteiger partial charge in [-0.05, 0) is 20.8 Å². The van der Waals surface area contributed by atoms with Gasteiger partial charge in [0.1, 0.15) is 5.76 Å². The van der Waals surface area contributed by atoms with Crippen molar-refractivity contribution in [3.63, 3.8) is 0 Å². The maximum absolute atomic E-state index is 12.4. The zero-order valence-electron chi connectivity index (χ0n) is 16.0. The summed E-state index contributed by atoms with van der Waals surface area (Å²) in [4.78, 5) is 36.4. The van der Waals surface area contributed by atoms with Gasteiger partial charge in [0.25, 0.3) is 5.91 Å². The van der Waals surface area contributed by atoms with Crippen molar-refractivity contribution < 1.29 is 23.6 Å². The standard InChI is InChI=1S/C19H23N3O5S/c1-4-20-19(25)21-18(24)17(14-8-6-5-7-9-14)26-16(23)11-28-10-15-12(2)22-27-13(15)3/h5-9,17H,4,10-11H2,1-3H3,(H2,20,21,24,25)/t17-/m1/s1. The third kappa shape index (κ3) is 6.12. The second-order valence-corrected chi connectivity index (χ2v) is 6.91. The first-order valence-electron chi connectivity index (χ1n) is 8.75. The number of benzene rings is 1. The van der Waals surface area contributed by atoms with Crippen molar-refractivity contribution in [3.05, 3.63) is 52.9 Å². The first-order chi connectivity index (χ1) is 13.4. The third-order valence-corrected chi connectivity index (χ3v) is 4.74. The van der Waals surface area contributed by atoms with Gasteiger partial charge in [-0.3, -0.25) is 14.9 Å². The van der Waals surface area contributed by atoms with Crippen LogP contribution in [-0.2, 0) is 20.1 Å². The molecule has 1 aromatic carbocycles. The summed E-state index contributed by atoms with van der Waals surface area (Å²) in [6, 6.07) is 7.91. The molecule has 0 saturated carbocycles. The van der Waals surface area contributed by atoms with Crippen LogP contribution in [0.15, 0.2) is 34.9 Å². The molecule has 0 aliphatic heterocycles. The number of carbonyl (C=O) groups is 3. The van der Waals surface area contributed by atoms with E-state index >= 15 is 0 Å². The van der Waals surface area contributed by atoms with Gasteiger partial charge < -0.3 is 14.6 Å². The molecule has 1 heterocycles. The molecule has 9 heteroatoms. The number of nitrogens with zero attached hydrogens (tertiary/aromatic N) is 1. The Morgan fingerprint density at radius 1 is 1.21 bits per heavy atom. The highest BCUT2D eigenvalue weighted by atomic mass is 32.2. The molecule has 2 aromatic rings. The van der Waals surface area contributed by atoms with Gasteiger partial charge in [0, 0.05) is 23.4 Å². The number of imide groups is 1. The van der Waals surface area contributed by atoms with E-state index in [2.05, 4.69) is 15.8 Å². The van der Waals surface area contributed by atoms with Crippen molar-refractivity contribution in [2.24, 2.45) is 0 Å². The minimum Gasteiger partial charge on any atom is -0.447 e. The van der Waals surface area contributed by atoms with E-state index in [0.29, 0.717) is 23.6 Å². The zero-order chi connectivity index (χ0) is 20.5. The first-order valence-corrected chi connectivity index (χ1v) is 9.90. The van der Waals surface area contributed by atoms with E-state index in [1.165, 1.54) is 11.8 Å². The van der Waals surface area contributed by atoms with Crippen LogP contribution in [0.5, 0.6) is 0 Å². The Bertz CT molecular complexity index is 803. The number of esters is 1. The molecule has 0 spiro atoms. The molecule has 8 nitrogen and oxygen atoms in total. The number of aromatic nitrogens is 1. The Labute approximate surface area is 167 Å². The average molecular weight is 405 g/mol. The molecule has 0 saturated heterocycles. The number of urea groups is 1. The van der Waals surface area contributed by atoms with Crippen LogP contribution in [0.2, 0.25) is 0 Å². The second kappa shape index (κ2) is 10.5. The number of amides is 3. The van der Waals surface area contributed by atoms with Gasteiger partial charge in [-0.25, -0.2) is 4.79 Å². The number of rotatable bonds is 8. The van der Waals surface area contributed by atoms with Gasteiger partial charge in [0.2, 0.25) is 6.10 Å². The first kappa shape index (κ1) is 21.5. The molecule has 0 fully saturated rings. The molecule has 0 radical (unpaired) electrons.